The molecule has 0 aliphatic heterocycles. The Labute approximate surface area is 163 Å². The first-order valence-corrected chi connectivity index (χ1v) is 9.00. The Morgan fingerprint density at radius 1 is 1.00 bits per heavy atom. The van der Waals surface area contributed by atoms with E-state index in [1.165, 1.54) is 13.2 Å². The zero-order chi connectivity index (χ0) is 20.9. The Kier molecular flexibility index (Phi) is 6.89. The zero-order valence-corrected chi connectivity index (χ0v) is 16.5. The highest BCUT2D eigenvalue weighted by atomic mass is 19.2. The predicted octanol–water partition coefficient (Wildman–Crippen LogP) is 3.71. The minimum Gasteiger partial charge on any atom is -0.467 e. The van der Waals surface area contributed by atoms with Gasteiger partial charge in [-0.15, -0.1) is 0 Å². The number of carbonyl (C=O) groups excluding carboxylic acids is 2. The molecule has 2 aromatic rings. The van der Waals surface area contributed by atoms with Gasteiger partial charge in [-0.25, -0.2) is 13.6 Å². The van der Waals surface area contributed by atoms with Crippen LogP contribution in [0.25, 0.3) is 0 Å². The van der Waals surface area contributed by atoms with Gasteiger partial charge in [0, 0.05) is 6.42 Å². The van der Waals surface area contributed by atoms with Crippen molar-refractivity contribution in [1.82, 2.24) is 5.32 Å². The summed E-state index contributed by atoms with van der Waals surface area (Å²) in [6, 6.07) is 10.2. The van der Waals surface area contributed by atoms with Gasteiger partial charge in [-0.05, 0) is 34.2 Å². The molecule has 0 spiro atoms. The summed E-state index contributed by atoms with van der Waals surface area (Å²) in [4.78, 5) is 24.4. The third-order valence-corrected chi connectivity index (χ3v) is 4.43. The number of hydrogen-bond acceptors (Lipinski definition) is 3. The summed E-state index contributed by atoms with van der Waals surface area (Å²) in [5, 5.41) is 2.61. The van der Waals surface area contributed by atoms with Crippen LogP contribution in [0.15, 0.2) is 42.5 Å². The lowest BCUT2D eigenvalue weighted by atomic mass is 9.86. The van der Waals surface area contributed by atoms with Crippen LogP contribution in [0.2, 0.25) is 0 Å². The molecular formula is C22H25F2NO3. The van der Waals surface area contributed by atoms with Gasteiger partial charge in [-0.2, -0.15) is 0 Å². The van der Waals surface area contributed by atoms with Crippen molar-refractivity contribution in [3.05, 3.63) is 70.8 Å². The fourth-order valence-electron chi connectivity index (χ4n) is 2.79. The molecular weight excluding hydrogens is 364 g/mol. The lowest BCUT2D eigenvalue weighted by molar-refractivity contribution is -0.145. The van der Waals surface area contributed by atoms with Crippen LogP contribution in [0.4, 0.5) is 8.78 Å². The largest absolute Gasteiger partial charge is 0.467 e. The van der Waals surface area contributed by atoms with Gasteiger partial charge in [0.15, 0.2) is 11.6 Å². The maximum Gasteiger partial charge on any atom is 0.328 e. The third-order valence-electron chi connectivity index (χ3n) is 4.43. The molecule has 28 heavy (non-hydrogen) atoms. The Bertz CT molecular complexity index is 842. The fourth-order valence-corrected chi connectivity index (χ4v) is 2.79. The molecule has 1 atom stereocenters. The number of esters is 1. The quantitative estimate of drug-likeness (QED) is 0.767. The van der Waals surface area contributed by atoms with Gasteiger partial charge in [0.2, 0.25) is 5.91 Å². The van der Waals surface area contributed by atoms with Gasteiger partial charge < -0.3 is 10.1 Å². The second-order valence-electron chi connectivity index (χ2n) is 7.72. The molecule has 150 valence electrons. The number of halogens is 2. The average molecular weight is 389 g/mol. The number of hydrogen-bond donors (Lipinski definition) is 1. The minimum absolute atomic E-state index is 0.0128. The highest BCUT2D eigenvalue weighted by molar-refractivity contribution is 5.85. The second-order valence-corrected chi connectivity index (χ2v) is 7.72. The van der Waals surface area contributed by atoms with Crippen LogP contribution in [-0.2, 0) is 32.6 Å². The van der Waals surface area contributed by atoms with Crippen LogP contribution in [-0.4, -0.2) is 25.0 Å². The lowest BCUT2D eigenvalue weighted by Gasteiger charge is -2.20. The zero-order valence-electron chi connectivity index (χ0n) is 16.5. The van der Waals surface area contributed by atoms with Gasteiger partial charge in [0.05, 0.1) is 13.5 Å². The Hall–Kier alpha value is -2.76. The number of methoxy groups -OCH3 is 1. The van der Waals surface area contributed by atoms with Crippen molar-refractivity contribution in [2.75, 3.05) is 7.11 Å². The lowest BCUT2D eigenvalue weighted by Crippen LogP contribution is -2.43. The molecule has 0 heterocycles. The van der Waals surface area contributed by atoms with E-state index in [4.69, 9.17) is 4.74 Å². The van der Waals surface area contributed by atoms with E-state index in [9.17, 15) is 18.4 Å². The maximum absolute atomic E-state index is 13.3. The van der Waals surface area contributed by atoms with Crippen molar-refractivity contribution in [2.24, 2.45) is 0 Å². The van der Waals surface area contributed by atoms with Crippen molar-refractivity contribution in [1.29, 1.82) is 0 Å². The van der Waals surface area contributed by atoms with Gasteiger partial charge in [0.25, 0.3) is 0 Å². The minimum atomic E-state index is -1.02. The summed E-state index contributed by atoms with van der Waals surface area (Å²) >= 11 is 0. The maximum atomic E-state index is 13.3. The number of amides is 1. The Morgan fingerprint density at radius 3 is 2.14 bits per heavy atom. The van der Waals surface area contributed by atoms with Crippen molar-refractivity contribution in [3.63, 3.8) is 0 Å². The summed E-state index contributed by atoms with van der Waals surface area (Å²) in [6.07, 6.45) is 0.0915. The van der Waals surface area contributed by atoms with E-state index >= 15 is 0 Å². The summed E-state index contributed by atoms with van der Waals surface area (Å²) < 4.78 is 31.1. The SMILES string of the molecule is COC(=O)[C@@H](Cc1ccc(C(C)(C)C)cc1)NC(=O)Cc1ccc(F)c(F)c1. The number of benzene rings is 2. The van der Waals surface area contributed by atoms with Gasteiger partial charge >= 0.3 is 5.97 Å². The van der Waals surface area contributed by atoms with E-state index in [1.807, 2.05) is 24.3 Å². The monoisotopic (exact) mass is 389 g/mol. The van der Waals surface area contributed by atoms with E-state index in [-0.39, 0.29) is 18.3 Å². The van der Waals surface area contributed by atoms with E-state index in [0.29, 0.717) is 5.56 Å². The van der Waals surface area contributed by atoms with Gasteiger partial charge in [0.1, 0.15) is 6.04 Å². The molecule has 0 unspecified atom stereocenters. The smallest absolute Gasteiger partial charge is 0.328 e. The molecule has 2 rings (SSSR count). The van der Waals surface area contributed by atoms with Crippen molar-refractivity contribution < 1.29 is 23.1 Å². The third kappa shape index (κ3) is 5.87. The van der Waals surface area contributed by atoms with Crippen LogP contribution in [0.3, 0.4) is 0 Å². The van der Waals surface area contributed by atoms with Crippen LogP contribution < -0.4 is 5.32 Å². The van der Waals surface area contributed by atoms with Crippen LogP contribution >= 0.6 is 0 Å². The number of nitrogens with one attached hydrogen (secondary N) is 1. The highest BCUT2D eigenvalue weighted by Gasteiger charge is 2.23. The molecule has 0 fully saturated rings. The summed E-state index contributed by atoms with van der Waals surface area (Å²) in [7, 11) is 1.25. The molecule has 4 nitrogen and oxygen atoms in total. The normalized spacial score (nSPS) is 12.4. The highest BCUT2D eigenvalue weighted by Crippen LogP contribution is 2.22. The molecule has 0 aliphatic carbocycles. The summed E-state index contributed by atoms with van der Waals surface area (Å²) in [5.74, 6) is -3.05. The van der Waals surface area contributed by atoms with Crippen molar-refractivity contribution in [2.45, 2.75) is 45.1 Å². The van der Waals surface area contributed by atoms with Crippen LogP contribution in [0, 0.1) is 11.6 Å². The molecule has 0 bridgehead atoms. The molecule has 0 saturated heterocycles. The predicted molar refractivity (Wildman–Crippen MR) is 103 cm³/mol. The number of carbonyl (C=O) groups is 2. The number of ether oxygens (including phenoxy) is 1. The summed E-state index contributed by atoms with van der Waals surface area (Å²) in [5.41, 5.74) is 2.36. The fraction of sp³-hybridized carbons (Fsp3) is 0.364. The first-order chi connectivity index (χ1) is 13.1. The van der Waals surface area contributed by atoms with Gasteiger partial charge in [-0.1, -0.05) is 51.1 Å². The molecule has 1 N–H and O–H groups in total. The van der Waals surface area contributed by atoms with Crippen LogP contribution in [0.5, 0.6) is 0 Å². The summed E-state index contributed by atoms with van der Waals surface area (Å²) in [6.45, 7) is 6.33. The average Bonchev–Trinajstić information content (AvgIpc) is 2.63. The van der Waals surface area contributed by atoms with E-state index in [1.54, 1.807) is 0 Å². The molecule has 2 aromatic carbocycles. The number of rotatable bonds is 6. The van der Waals surface area contributed by atoms with E-state index < -0.39 is 29.6 Å². The Balaban J connectivity index is 2.07. The molecule has 6 heteroatoms. The van der Waals surface area contributed by atoms with Crippen LogP contribution in [0.1, 0.15) is 37.5 Å². The van der Waals surface area contributed by atoms with Crippen molar-refractivity contribution in [3.8, 4) is 0 Å². The van der Waals surface area contributed by atoms with Crippen molar-refractivity contribution >= 4 is 11.9 Å². The standard InChI is InChI=1S/C22H25F2NO3/c1-22(2,3)16-8-5-14(6-9-16)12-19(21(27)28-4)25-20(26)13-15-7-10-17(23)18(24)11-15/h5-11,19H,12-13H2,1-4H3,(H,25,26)/t19-/m1/s1. The topological polar surface area (TPSA) is 55.4 Å². The Morgan fingerprint density at radius 2 is 1.61 bits per heavy atom. The van der Waals surface area contributed by atoms with E-state index in [0.717, 1.165) is 23.3 Å². The van der Waals surface area contributed by atoms with Gasteiger partial charge in [-0.3, -0.25) is 4.79 Å². The first-order valence-electron chi connectivity index (χ1n) is 9.00. The molecule has 0 aromatic heterocycles. The second kappa shape index (κ2) is 8.95. The molecule has 0 radical (unpaired) electrons. The molecule has 1 amide bonds. The van der Waals surface area contributed by atoms with E-state index in [2.05, 4.69) is 26.1 Å². The first kappa shape index (κ1) is 21.5. The molecule has 0 aliphatic rings. The molecule has 0 saturated carbocycles.